The number of hydrogen-bond donors (Lipinski definition) is 1. The number of alkyl halides is 3. The second-order valence-electron chi connectivity index (χ2n) is 5.89. The second kappa shape index (κ2) is 7.45. The lowest BCUT2D eigenvalue weighted by Gasteiger charge is -2.30. The Morgan fingerprint density at radius 3 is 2.33 bits per heavy atom. The van der Waals surface area contributed by atoms with E-state index in [9.17, 15) is 18.0 Å². The fourth-order valence-electron chi connectivity index (χ4n) is 2.05. The van der Waals surface area contributed by atoms with Crippen molar-refractivity contribution in [3.63, 3.8) is 0 Å². The van der Waals surface area contributed by atoms with Gasteiger partial charge < -0.3 is 9.64 Å². The molecule has 0 spiro atoms. The second-order valence-corrected chi connectivity index (χ2v) is 5.89. The molecule has 1 fully saturated rings. The Kier molecular flexibility index (Phi) is 6.46. The summed E-state index contributed by atoms with van der Waals surface area (Å²) in [6.45, 7) is 4.15. The number of nitrogens with zero attached hydrogens (tertiary/aromatic N) is 1. The van der Waals surface area contributed by atoms with E-state index in [1.54, 1.807) is 25.8 Å². The van der Waals surface area contributed by atoms with Crippen LogP contribution in [0.1, 0.15) is 39.5 Å². The molecule has 0 bridgehead atoms. The molecular weight excluding hydrogens is 285 g/mol. The van der Waals surface area contributed by atoms with Crippen LogP contribution in [0, 0.1) is 0 Å². The van der Waals surface area contributed by atoms with Crippen molar-refractivity contribution < 1.29 is 22.7 Å². The molecule has 1 N–H and O–H groups in total. The molecule has 124 valence electrons. The summed E-state index contributed by atoms with van der Waals surface area (Å²) < 4.78 is 41.6. The zero-order valence-corrected chi connectivity index (χ0v) is 12.9. The van der Waals surface area contributed by atoms with Crippen LogP contribution < -0.4 is 5.32 Å². The van der Waals surface area contributed by atoms with Gasteiger partial charge in [-0.1, -0.05) is 0 Å². The summed E-state index contributed by atoms with van der Waals surface area (Å²) in [5.41, 5.74) is -0.830. The quantitative estimate of drug-likeness (QED) is 0.664. The third-order valence-electron chi connectivity index (χ3n) is 3.60. The maximum atomic E-state index is 12.2. The molecule has 1 saturated carbocycles. The Bertz CT molecular complexity index is 346. The minimum atomic E-state index is -4.15. The van der Waals surface area contributed by atoms with Gasteiger partial charge in [0.15, 0.2) is 0 Å². The molecule has 0 aliphatic heterocycles. The molecule has 1 aliphatic carbocycles. The Labute approximate surface area is 124 Å². The minimum Gasteiger partial charge on any atom is -0.465 e. The van der Waals surface area contributed by atoms with Crippen molar-refractivity contribution in [1.29, 1.82) is 0 Å². The lowest BCUT2D eigenvalue weighted by atomic mass is 9.97. The number of esters is 1. The molecule has 1 unspecified atom stereocenters. The number of halogens is 3. The van der Waals surface area contributed by atoms with Gasteiger partial charge in [-0.2, -0.15) is 13.2 Å². The van der Waals surface area contributed by atoms with Gasteiger partial charge in [0, 0.05) is 19.1 Å². The van der Waals surface area contributed by atoms with Crippen LogP contribution in [-0.4, -0.2) is 55.4 Å². The summed E-state index contributed by atoms with van der Waals surface area (Å²) in [6, 6.07) is 0.319. The predicted molar refractivity (Wildman–Crippen MR) is 74.0 cm³/mol. The number of rotatable bonds is 9. The van der Waals surface area contributed by atoms with Crippen molar-refractivity contribution in [3.05, 3.63) is 0 Å². The van der Waals surface area contributed by atoms with Crippen LogP contribution in [0.15, 0.2) is 0 Å². The molecule has 21 heavy (non-hydrogen) atoms. The Morgan fingerprint density at radius 2 is 1.86 bits per heavy atom. The van der Waals surface area contributed by atoms with Gasteiger partial charge in [0.1, 0.15) is 5.54 Å². The highest BCUT2D eigenvalue weighted by Crippen LogP contribution is 2.25. The van der Waals surface area contributed by atoms with E-state index < -0.39 is 18.1 Å². The average Bonchev–Trinajstić information content (AvgIpc) is 3.17. The highest BCUT2D eigenvalue weighted by Gasteiger charge is 2.39. The van der Waals surface area contributed by atoms with Crippen molar-refractivity contribution in [1.82, 2.24) is 10.2 Å². The van der Waals surface area contributed by atoms with Gasteiger partial charge in [-0.15, -0.1) is 0 Å². The molecule has 1 rings (SSSR count). The van der Waals surface area contributed by atoms with Crippen LogP contribution in [-0.2, 0) is 9.53 Å². The van der Waals surface area contributed by atoms with Crippen LogP contribution in [0.2, 0.25) is 0 Å². The molecule has 0 radical (unpaired) electrons. The van der Waals surface area contributed by atoms with Crippen LogP contribution in [0.3, 0.4) is 0 Å². The fraction of sp³-hybridized carbons (Fsp3) is 0.929. The van der Waals surface area contributed by atoms with Crippen molar-refractivity contribution >= 4 is 5.97 Å². The molecule has 0 amide bonds. The molecule has 4 nitrogen and oxygen atoms in total. The predicted octanol–water partition coefficient (Wildman–Crippen LogP) is 2.33. The van der Waals surface area contributed by atoms with Crippen LogP contribution >= 0.6 is 0 Å². The summed E-state index contributed by atoms with van der Waals surface area (Å²) in [5.74, 6) is -0.332. The van der Waals surface area contributed by atoms with Gasteiger partial charge in [-0.05, 0) is 40.2 Å². The van der Waals surface area contributed by atoms with E-state index in [2.05, 4.69) is 5.32 Å². The van der Waals surface area contributed by atoms with Crippen LogP contribution in [0.4, 0.5) is 13.2 Å². The molecule has 0 aromatic rings. The van der Waals surface area contributed by atoms with Gasteiger partial charge in [0.2, 0.25) is 0 Å². The van der Waals surface area contributed by atoms with Gasteiger partial charge in [0.05, 0.1) is 13.0 Å². The fourth-order valence-corrected chi connectivity index (χ4v) is 2.05. The summed E-state index contributed by atoms with van der Waals surface area (Å²) in [5, 5.41) is 3.26. The van der Waals surface area contributed by atoms with Gasteiger partial charge in [0.25, 0.3) is 0 Å². The normalized spacial score (nSPS) is 18.6. The minimum absolute atomic E-state index is 0.0637. The topological polar surface area (TPSA) is 41.6 Å². The SMILES string of the molecule is CCOC(=O)C(C)(CCN(C)CCC(F)(F)F)NC1CC1. The number of nitrogens with one attached hydrogen (secondary N) is 1. The van der Waals surface area contributed by atoms with Gasteiger partial charge in [-0.3, -0.25) is 10.1 Å². The van der Waals surface area contributed by atoms with E-state index in [-0.39, 0.29) is 12.5 Å². The molecule has 1 atom stereocenters. The number of carbonyl (C=O) groups excluding carboxylic acids is 1. The third kappa shape index (κ3) is 7.13. The summed E-state index contributed by atoms with van der Waals surface area (Å²) in [7, 11) is 1.63. The van der Waals surface area contributed by atoms with E-state index in [0.29, 0.717) is 25.6 Å². The number of hydrogen-bond acceptors (Lipinski definition) is 4. The smallest absolute Gasteiger partial charge is 0.390 e. The van der Waals surface area contributed by atoms with Crippen molar-refractivity contribution in [2.75, 3.05) is 26.7 Å². The third-order valence-corrected chi connectivity index (χ3v) is 3.60. The van der Waals surface area contributed by atoms with E-state index in [1.165, 1.54) is 0 Å². The van der Waals surface area contributed by atoms with Crippen molar-refractivity contribution in [3.8, 4) is 0 Å². The van der Waals surface area contributed by atoms with E-state index >= 15 is 0 Å². The lowest BCUT2D eigenvalue weighted by Crippen LogP contribution is -2.53. The average molecular weight is 310 g/mol. The highest BCUT2D eigenvalue weighted by molar-refractivity contribution is 5.80. The molecule has 0 heterocycles. The summed E-state index contributed by atoms with van der Waals surface area (Å²) in [6.07, 6.45) is -2.50. The van der Waals surface area contributed by atoms with Crippen LogP contribution in [0.25, 0.3) is 0 Å². The molecule has 0 saturated heterocycles. The first-order valence-corrected chi connectivity index (χ1v) is 7.36. The first-order valence-electron chi connectivity index (χ1n) is 7.36. The molecule has 1 aliphatic rings. The maximum Gasteiger partial charge on any atom is 0.390 e. The standard InChI is InChI=1S/C14H25F3N2O2/c1-4-21-12(20)13(2,18-11-5-6-11)7-9-19(3)10-8-14(15,16)17/h11,18H,4-10H2,1-3H3. The zero-order chi connectivity index (χ0) is 16.1. The van der Waals surface area contributed by atoms with Crippen molar-refractivity contribution in [2.45, 2.75) is 57.3 Å². The van der Waals surface area contributed by atoms with Gasteiger partial charge >= 0.3 is 12.1 Å². The van der Waals surface area contributed by atoms with Gasteiger partial charge in [-0.25, -0.2) is 0 Å². The van der Waals surface area contributed by atoms with E-state index in [1.807, 2.05) is 0 Å². The Morgan fingerprint density at radius 1 is 1.29 bits per heavy atom. The molecule has 0 aromatic carbocycles. The highest BCUT2D eigenvalue weighted by atomic mass is 19.4. The Balaban J connectivity index is 2.46. The zero-order valence-electron chi connectivity index (χ0n) is 12.9. The maximum absolute atomic E-state index is 12.2. The first-order chi connectivity index (χ1) is 9.66. The lowest BCUT2D eigenvalue weighted by molar-refractivity contribution is -0.151. The molecule has 0 aromatic heterocycles. The van der Waals surface area contributed by atoms with Crippen molar-refractivity contribution in [2.24, 2.45) is 0 Å². The molecular formula is C14H25F3N2O2. The number of carbonyl (C=O) groups is 1. The Hall–Kier alpha value is -0.820. The van der Waals surface area contributed by atoms with E-state index in [4.69, 9.17) is 4.74 Å². The number of ether oxygens (including phenoxy) is 1. The molecule has 7 heteroatoms. The summed E-state index contributed by atoms with van der Waals surface area (Å²) >= 11 is 0. The van der Waals surface area contributed by atoms with Crippen LogP contribution in [0.5, 0.6) is 0 Å². The first kappa shape index (κ1) is 18.2. The monoisotopic (exact) mass is 310 g/mol. The largest absolute Gasteiger partial charge is 0.465 e. The van der Waals surface area contributed by atoms with E-state index in [0.717, 1.165) is 12.8 Å². The summed E-state index contributed by atoms with van der Waals surface area (Å²) in [4.78, 5) is 13.7.